The summed E-state index contributed by atoms with van der Waals surface area (Å²) < 4.78 is 54.6. The minimum Gasteiger partial charge on any atom is -0.361 e. The molecule has 0 aliphatic carbocycles. The van der Waals surface area contributed by atoms with Gasteiger partial charge in [0.05, 0.1) is 11.9 Å². The number of nitrogens with zero attached hydrogens (tertiary/aromatic N) is 2. The highest BCUT2D eigenvalue weighted by molar-refractivity contribution is 7.89. The normalized spacial score (nSPS) is 13.2. The van der Waals surface area contributed by atoms with E-state index in [9.17, 15) is 17.2 Å². The number of aromatic nitrogens is 3. The molecule has 9 heteroatoms. The van der Waals surface area contributed by atoms with Gasteiger partial charge in [0.1, 0.15) is 4.90 Å². The summed E-state index contributed by atoms with van der Waals surface area (Å²) in [6, 6.07) is 17.3. The van der Waals surface area contributed by atoms with Crippen molar-refractivity contribution in [2.75, 3.05) is 6.54 Å². The fourth-order valence-corrected chi connectivity index (χ4v) is 4.82. The molecule has 0 fully saturated rings. The van der Waals surface area contributed by atoms with Crippen LogP contribution in [0, 0.1) is 6.92 Å². The molecule has 0 bridgehead atoms. The Hall–Kier alpha value is -3.04. The van der Waals surface area contributed by atoms with Gasteiger partial charge >= 0.3 is 6.55 Å². The number of benzene rings is 2. The molecule has 0 amide bonds. The van der Waals surface area contributed by atoms with Gasteiger partial charge in [-0.2, -0.15) is 13.9 Å². The van der Waals surface area contributed by atoms with Crippen molar-refractivity contribution >= 4 is 20.9 Å². The van der Waals surface area contributed by atoms with E-state index < -0.39 is 16.6 Å². The molecule has 4 rings (SSSR count). The van der Waals surface area contributed by atoms with Crippen LogP contribution in [0.2, 0.25) is 0 Å². The SMILES string of the molecule is Cc1c(S(=O)(=O)NC[C@H](c2ccccc2)c2c[nH]c3ccccc23)cnn1C(F)F. The second-order valence-electron chi connectivity index (χ2n) is 6.92. The first kappa shape index (κ1) is 20.2. The Kier molecular flexibility index (Phi) is 5.40. The number of alkyl halides is 2. The Morgan fingerprint density at radius 2 is 1.80 bits per heavy atom. The number of hydrogen-bond donors (Lipinski definition) is 2. The summed E-state index contributed by atoms with van der Waals surface area (Å²) >= 11 is 0. The summed E-state index contributed by atoms with van der Waals surface area (Å²) in [5.41, 5.74) is 2.72. The molecule has 0 radical (unpaired) electrons. The molecule has 2 aromatic carbocycles. The van der Waals surface area contributed by atoms with Crippen molar-refractivity contribution in [3.05, 3.63) is 83.8 Å². The topological polar surface area (TPSA) is 79.8 Å². The molecule has 6 nitrogen and oxygen atoms in total. The van der Waals surface area contributed by atoms with Gasteiger partial charge in [-0.05, 0) is 24.1 Å². The second-order valence-corrected chi connectivity index (χ2v) is 8.66. The molecule has 0 unspecified atom stereocenters. The van der Waals surface area contributed by atoms with E-state index >= 15 is 0 Å². The summed E-state index contributed by atoms with van der Waals surface area (Å²) in [6.45, 7) is -1.53. The van der Waals surface area contributed by atoms with Gasteiger partial charge in [0.25, 0.3) is 0 Å². The van der Waals surface area contributed by atoms with E-state index in [-0.39, 0.29) is 23.1 Å². The van der Waals surface area contributed by atoms with E-state index in [0.29, 0.717) is 4.68 Å². The molecular weight excluding hydrogens is 410 g/mol. The highest BCUT2D eigenvalue weighted by atomic mass is 32.2. The molecule has 1 atom stereocenters. The van der Waals surface area contributed by atoms with Crippen LogP contribution < -0.4 is 4.72 Å². The molecule has 0 spiro atoms. The molecule has 0 aliphatic rings. The summed E-state index contributed by atoms with van der Waals surface area (Å²) in [5, 5.41) is 4.49. The Balaban J connectivity index is 1.68. The van der Waals surface area contributed by atoms with Crippen molar-refractivity contribution in [2.24, 2.45) is 0 Å². The van der Waals surface area contributed by atoms with Gasteiger partial charge in [0, 0.05) is 29.6 Å². The first-order chi connectivity index (χ1) is 14.4. The van der Waals surface area contributed by atoms with Gasteiger partial charge in [-0.3, -0.25) is 0 Å². The molecule has 2 heterocycles. The van der Waals surface area contributed by atoms with Crippen LogP contribution in [0.25, 0.3) is 10.9 Å². The Morgan fingerprint density at radius 1 is 1.10 bits per heavy atom. The number of nitrogens with one attached hydrogen (secondary N) is 2. The van der Waals surface area contributed by atoms with Gasteiger partial charge in [-0.1, -0.05) is 48.5 Å². The number of para-hydroxylation sites is 1. The standard InChI is InChI=1S/C21H20F2N4O2S/c1-14-20(13-25-27(14)21(22)23)30(28,29)26-12-17(15-7-3-2-4-8-15)18-11-24-19-10-6-5-9-16(18)19/h2-11,13,17,21,24,26H,12H2,1H3/t17-/m1/s1. The van der Waals surface area contributed by atoms with E-state index in [4.69, 9.17) is 0 Å². The Labute approximate surface area is 172 Å². The van der Waals surface area contributed by atoms with Gasteiger partial charge in [-0.25, -0.2) is 17.8 Å². The molecule has 0 saturated heterocycles. The molecule has 30 heavy (non-hydrogen) atoms. The van der Waals surface area contributed by atoms with E-state index in [0.717, 1.165) is 28.2 Å². The number of hydrogen-bond acceptors (Lipinski definition) is 3. The van der Waals surface area contributed by atoms with E-state index in [1.807, 2.05) is 60.8 Å². The van der Waals surface area contributed by atoms with E-state index in [1.54, 1.807) is 0 Å². The number of H-pyrrole nitrogens is 1. The average molecular weight is 430 g/mol. The van der Waals surface area contributed by atoms with Gasteiger partial charge in [0.2, 0.25) is 10.0 Å². The van der Waals surface area contributed by atoms with Crippen LogP contribution in [0.5, 0.6) is 0 Å². The zero-order chi connectivity index (χ0) is 21.3. The highest BCUT2D eigenvalue weighted by Gasteiger charge is 2.26. The summed E-state index contributed by atoms with van der Waals surface area (Å²) in [4.78, 5) is 2.96. The maximum absolute atomic E-state index is 13.0. The van der Waals surface area contributed by atoms with Crippen molar-refractivity contribution in [3.63, 3.8) is 0 Å². The largest absolute Gasteiger partial charge is 0.361 e. The van der Waals surface area contributed by atoms with Gasteiger partial charge in [0.15, 0.2) is 0 Å². The minimum absolute atomic E-state index is 0.0630. The first-order valence-electron chi connectivity index (χ1n) is 9.31. The van der Waals surface area contributed by atoms with Crippen LogP contribution in [0.4, 0.5) is 8.78 Å². The predicted octanol–water partition coefficient (Wildman–Crippen LogP) is 4.18. The summed E-state index contributed by atoms with van der Waals surface area (Å²) in [6.07, 6.45) is 2.82. The van der Waals surface area contributed by atoms with Crippen molar-refractivity contribution in [2.45, 2.75) is 24.3 Å². The number of sulfonamides is 1. The lowest BCUT2D eigenvalue weighted by atomic mass is 9.91. The molecular formula is C21H20F2N4O2S. The zero-order valence-electron chi connectivity index (χ0n) is 16.1. The van der Waals surface area contributed by atoms with Crippen molar-refractivity contribution in [1.82, 2.24) is 19.5 Å². The summed E-state index contributed by atoms with van der Waals surface area (Å²) in [7, 11) is -4.03. The maximum Gasteiger partial charge on any atom is 0.333 e. The summed E-state index contributed by atoms with van der Waals surface area (Å²) in [5.74, 6) is -0.275. The van der Waals surface area contributed by atoms with Crippen LogP contribution >= 0.6 is 0 Å². The number of halogens is 2. The number of rotatable bonds is 7. The van der Waals surface area contributed by atoms with Crippen LogP contribution in [0.15, 0.2) is 71.9 Å². The third-order valence-electron chi connectivity index (χ3n) is 5.15. The van der Waals surface area contributed by atoms with E-state index in [1.165, 1.54) is 6.92 Å². The lowest BCUT2D eigenvalue weighted by Crippen LogP contribution is -2.29. The predicted molar refractivity (Wildman–Crippen MR) is 110 cm³/mol. The number of aromatic amines is 1. The van der Waals surface area contributed by atoms with Crippen molar-refractivity contribution in [3.8, 4) is 0 Å². The van der Waals surface area contributed by atoms with Crippen LogP contribution in [-0.2, 0) is 10.0 Å². The monoisotopic (exact) mass is 430 g/mol. The zero-order valence-corrected chi connectivity index (χ0v) is 16.9. The molecule has 156 valence electrons. The second kappa shape index (κ2) is 8.00. The number of fused-ring (bicyclic) bond motifs is 1. The lowest BCUT2D eigenvalue weighted by Gasteiger charge is -2.18. The fourth-order valence-electron chi connectivity index (χ4n) is 3.61. The van der Waals surface area contributed by atoms with Gasteiger partial charge < -0.3 is 4.98 Å². The smallest absolute Gasteiger partial charge is 0.333 e. The van der Waals surface area contributed by atoms with Gasteiger partial charge in [-0.15, -0.1) is 0 Å². The average Bonchev–Trinajstić information content (AvgIpc) is 3.33. The molecule has 4 aromatic rings. The molecule has 0 saturated carbocycles. The Morgan fingerprint density at radius 3 is 2.50 bits per heavy atom. The van der Waals surface area contributed by atoms with Crippen LogP contribution in [0.1, 0.15) is 29.3 Å². The fraction of sp³-hybridized carbons (Fsp3) is 0.190. The van der Waals surface area contributed by atoms with E-state index in [2.05, 4.69) is 14.8 Å². The first-order valence-corrected chi connectivity index (χ1v) is 10.8. The highest BCUT2D eigenvalue weighted by Crippen LogP contribution is 2.31. The van der Waals surface area contributed by atoms with Crippen LogP contribution in [-0.4, -0.2) is 29.7 Å². The Bertz CT molecular complexity index is 1270. The minimum atomic E-state index is -4.03. The lowest BCUT2D eigenvalue weighted by molar-refractivity contribution is 0.0541. The third kappa shape index (κ3) is 3.73. The quantitative estimate of drug-likeness (QED) is 0.462. The molecule has 0 aliphatic heterocycles. The molecule has 2 N–H and O–H groups in total. The third-order valence-corrected chi connectivity index (χ3v) is 6.68. The van der Waals surface area contributed by atoms with Crippen molar-refractivity contribution in [1.29, 1.82) is 0 Å². The van der Waals surface area contributed by atoms with Crippen molar-refractivity contribution < 1.29 is 17.2 Å². The molecule has 2 aromatic heterocycles. The van der Waals surface area contributed by atoms with Crippen LogP contribution in [0.3, 0.4) is 0 Å². The maximum atomic E-state index is 13.0.